The molecule has 34 heavy (non-hydrogen) atoms. The second-order valence-corrected chi connectivity index (χ2v) is 8.99. The molecular weight excluding hydrogens is 434 g/mol. The van der Waals surface area contributed by atoms with Crippen LogP contribution in [-0.2, 0) is 20.7 Å². The van der Waals surface area contributed by atoms with E-state index in [1.165, 1.54) is 0 Å². The summed E-state index contributed by atoms with van der Waals surface area (Å²) in [4.78, 5) is 42.8. The van der Waals surface area contributed by atoms with Gasteiger partial charge in [-0.25, -0.2) is 4.98 Å². The fourth-order valence-corrected chi connectivity index (χ4v) is 4.64. The number of ketones is 1. The Kier molecular flexibility index (Phi) is 6.97. The van der Waals surface area contributed by atoms with Gasteiger partial charge in [0, 0.05) is 36.5 Å². The van der Waals surface area contributed by atoms with Crippen LogP contribution >= 0.6 is 0 Å². The van der Waals surface area contributed by atoms with Crippen LogP contribution in [0.4, 0.5) is 0 Å². The van der Waals surface area contributed by atoms with Crippen LogP contribution in [0.15, 0.2) is 35.1 Å². The Morgan fingerprint density at radius 2 is 1.94 bits per heavy atom. The van der Waals surface area contributed by atoms with E-state index in [1.54, 1.807) is 23.8 Å². The molecule has 0 saturated heterocycles. The first-order chi connectivity index (χ1) is 16.3. The smallest absolute Gasteiger partial charge is 0.306 e. The lowest BCUT2D eigenvalue weighted by Crippen LogP contribution is -2.25. The number of methoxy groups -OCH3 is 1. The van der Waals surface area contributed by atoms with Crippen LogP contribution in [0.25, 0.3) is 10.9 Å². The van der Waals surface area contributed by atoms with Crippen molar-refractivity contribution in [1.29, 1.82) is 0 Å². The zero-order valence-electron chi connectivity index (χ0n) is 20.2. The minimum absolute atomic E-state index is 0.0503. The van der Waals surface area contributed by atoms with Crippen molar-refractivity contribution in [3.63, 3.8) is 0 Å². The van der Waals surface area contributed by atoms with E-state index in [0.717, 1.165) is 24.2 Å². The van der Waals surface area contributed by atoms with Crippen LogP contribution in [0, 0.1) is 13.8 Å². The summed E-state index contributed by atoms with van der Waals surface area (Å²) >= 11 is 0. The molecule has 1 saturated carbocycles. The molecule has 0 spiro atoms. The Morgan fingerprint density at radius 3 is 2.65 bits per heavy atom. The van der Waals surface area contributed by atoms with E-state index < -0.39 is 5.97 Å². The zero-order chi connectivity index (χ0) is 24.4. The Balaban J connectivity index is 1.41. The van der Waals surface area contributed by atoms with Gasteiger partial charge in [0.15, 0.2) is 6.61 Å². The molecule has 180 valence electrons. The molecule has 0 bridgehead atoms. The standard InChI is InChI=1S/C26H31N3O5/c1-16-13-21(18(3)28(16)17(2)14-33-4)23(30)15-34-25(31)12-11-24-27-22-8-6-5-7-20(22)26(32)29(24)19-9-10-19/h5-8,13,17,19H,9-12,14-15H2,1-4H3. The quantitative estimate of drug-likeness (QED) is 0.335. The topological polar surface area (TPSA) is 92.4 Å². The summed E-state index contributed by atoms with van der Waals surface area (Å²) in [7, 11) is 1.65. The Morgan fingerprint density at radius 1 is 1.21 bits per heavy atom. The molecule has 3 aromatic rings. The number of hydrogen-bond acceptors (Lipinski definition) is 6. The Labute approximate surface area is 198 Å². The van der Waals surface area contributed by atoms with E-state index in [9.17, 15) is 14.4 Å². The summed E-state index contributed by atoms with van der Waals surface area (Å²) in [6, 6.07) is 9.31. The summed E-state index contributed by atoms with van der Waals surface area (Å²) in [6.07, 6.45) is 2.21. The van der Waals surface area contributed by atoms with E-state index in [-0.39, 0.29) is 42.9 Å². The fraction of sp³-hybridized carbons (Fsp3) is 0.462. The van der Waals surface area contributed by atoms with Crippen LogP contribution in [0.5, 0.6) is 0 Å². The molecule has 1 fully saturated rings. The minimum Gasteiger partial charge on any atom is -0.457 e. The molecule has 1 aromatic carbocycles. The van der Waals surface area contributed by atoms with Gasteiger partial charge in [0.25, 0.3) is 5.56 Å². The van der Waals surface area contributed by atoms with Crippen LogP contribution in [0.2, 0.25) is 0 Å². The molecular formula is C26H31N3O5. The van der Waals surface area contributed by atoms with Gasteiger partial charge in [0.1, 0.15) is 5.82 Å². The molecule has 2 aromatic heterocycles. The maximum atomic E-state index is 12.9. The predicted octanol–water partition coefficient (Wildman–Crippen LogP) is 3.72. The maximum absolute atomic E-state index is 12.9. The molecule has 4 rings (SSSR count). The molecule has 1 aliphatic rings. The van der Waals surface area contributed by atoms with Crippen molar-refractivity contribution < 1.29 is 19.1 Å². The number of aryl methyl sites for hydroxylation is 2. The molecule has 8 heteroatoms. The number of aromatic nitrogens is 3. The number of hydrogen-bond donors (Lipinski definition) is 0. The predicted molar refractivity (Wildman–Crippen MR) is 128 cm³/mol. The number of para-hydroxylation sites is 1. The molecule has 2 heterocycles. The first-order valence-corrected chi connectivity index (χ1v) is 11.7. The average Bonchev–Trinajstić information content (AvgIpc) is 3.60. The first kappa shape index (κ1) is 23.9. The summed E-state index contributed by atoms with van der Waals surface area (Å²) in [5, 5.41) is 0.587. The van der Waals surface area contributed by atoms with Crippen LogP contribution < -0.4 is 5.56 Å². The summed E-state index contributed by atoms with van der Waals surface area (Å²) in [5.41, 5.74) is 2.90. The summed E-state index contributed by atoms with van der Waals surface area (Å²) < 4.78 is 14.3. The van der Waals surface area contributed by atoms with Gasteiger partial charge in [-0.05, 0) is 51.8 Å². The third-order valence-corrected chi connectivity index (χ3v) is 6.34. The van der Waals surface area contributed by atoms with Gasteiger partial charge in [-0.2, -0.15) is 0 Å². The molecule has 1 aliphatic carbocycles. The van der Waals surface area contributed by atoms with Crippen molar-refractivity contribution >= 4 is 22.7 Å². The number of fused-ring (bicyclic) bond motifs is 1. The van der Waals surface area contributed by atoms with Gasteiger partial charge in [-0.1, -0.05) is 12.1 Å². The van der Waals surface area contributed by atoms with Gasteiger partial charge in [-0.3, -0.25) is 19.0 Å². The molecule has 0 radical (unpaired) electrons. The first-order valence-electron chi connectivity index (χ1n) is 11.7. The van der Waals surface area contributed by atoms with Crippen LogP contribution in [-0.4, -0.2) is 46.2 Å². The van der Waals surface area contributed by atoms with E-state index in [2.05, 4.69) is 9.55 Å². The maximum Gasteiger partial charge on any atom is 0.306 e. The average molecular weight is 466 g/mol. The number of rotatable bonds is 10. The third-order valence-electron chi connectivity index (χ3n) is 6.34. The van der Waals surface area contributed by atoms with Crippen molar-refractivity contribution in [1.82, 2.24) is 14.1 Å². The lowest BCUT2D eigenvalue weighted by Gasteiger charge is -2.17. The second kappa shape index (κ2) is 9.93. The number of carbonyl (C=O) groups is 2. The highest BCUT2D eigenvalue weighted by molar-refractivity contribution is 5.99. The van der Waals surface area contributed by atoms with Crippen LogP contribution in [0.1, 0.15) is 65.8 Å². The zero-order valence-corrected chi connectivity index (χ0v) is 20.2. The normalized spacial score (nSPS) is 14.4. The lowest BCUT2D eigenvalue weighted by molar-refractivity contribution is -0.142. The van der Waals surface area contributed by atoms with Crippen molar-refractivity contribution in [3.05, 3.63) is 63.5 Å². The Hall–Kier alpha value is -3.26. The lowest BCUT2D eigenvalue weighted by atomic mass is 10.1. The largest absolute Gasteiger partial charge is 0.457 e. The van der Waals surface area contributed by atoms with Crippen LogP contribution in [0.3, 0.4) is 0 Å². The molecule has 0 amide bonds. The van der Waals surface area contributed by atoms with Gasteiger partial charge in [0.2, 0.25) is 5.78 Å². The SMILES string of the molecule is COCC(C)n1c(C)cc(C(=O)COC(=O)CCc2nc3ccccc3c(=O)n2C2CC2)c1C. The highest BCUT2D eigenvalue weighted by Crippen LogP contribution is 2.35. The molecule has 0 aliphatic heterocycles. The monoisotopic (exact) mass is 465 g/mol. The highest BCUT2D eigenvalue weighted by atomic mass is 16.5. The number of benzene rings is 1. The number of Topliss-reactive ketones (excluding diaryl/α,β-unsaturated/α-hetero) is 1. The summed E-state index contributed by atoms with van der Waals surface area (Å²) in [6.45, 7) is 6.07. The number of esters is 1. The van der Waals surface area contributed by atoms with Crippen molar-refractivity contribution in [3.8, 4) is 0 Å². The van der Waals surface area contributed by atoms with E-state index in [0.29, 0.717) is 28.9 Å². The molecule has 0 N–H and O–H groups in total. The van der Waals surface area contributed by atoms with Gasteiger partial charge in [-0.15, -0.1) is 0 Å². The highest BCUT2D eigenvalue weighted by Gasteiger charge is 2.28. The van der Waals surface area contributed by atoms with Crippen molar-refractivity contribution in [2.24, 2.45) is 0 Å². The van der Waals surface area contributed by atoms with Gasteiger partial charge in [0.05, 0.1) is 30.0 Å². The number of nitrogens with zero attached hydrogens (tertiary/aromatic N) is 3. The van der Waals surface area contributed by atoms with Crippen molar-refractivity contribution in [2.45, 2.75) is 58.5 Å². The second-order valence-electron chi connectivity index (χ2n) is 8.99. The molecule has 1 atom stereocenters. The van der Waals surface area contributed by atoms with E-state index in [1.807, 2.05) is 39.0 Å². The third kappa shape index (κ3) is 4.82. The fourth-order valence-electron chi connectivity index (χ4n) is 4.64. The number of ether oxygens (including phenoxy) is 2. The molecule has 1 unspecified atom stereocenters. The van der Waals surface area contributed by atoms with E-state index >= 15 is 0 Å². The number of carbonyl (C=O) groups excluding carboxylic acids is 2. The van der Waals surface area contributed by atoms with E-state index in [4.69, 9.17) is 9.47 Å². The van der Waals surface area contributed by atoms with Gasteiger partial charge >= 0.3 is 5.97 Å². The van der Waals surface area contributed by atoms with Gasteiger partial charge < -0.3 is 14.0 Å². The molecule has 8 nitrogen and oxygen atoms in total. The minimum atomic E-state index is -0.486. The Bertz CT molecular complexity index is 1290. The summed E-state index contributed by atoms with van der Waals surface area (Å²) in [5.74, 6) is -0.138. The van der Waals surface area contributed by atoms with Crippen molar-refractivity contribution in [2.75, 3.05) is 20.3 Å².